The molecule has 2 rings (SSSR count). The van der Waals surface area contributed by atoms with E-state index in [4.69, 9.17) is 23.2 Å². The number of benzene rings is 1. The van der Waals surface area contributed by atoms with E-state index in [2.05, 4.69) is 17.1 Å². The molecule has 100 valence electrons. The largest absolute Gasteiger partial charge is 0.506 e. The van der Waals surface area contributed by atoms with Crippen LogP contribution in [-0.2, 0) is 0 Å². The highest BCUT2D eigenvalue weighted by molar-refractivity contribution is 6.43. The standard InChI is InChI=1S/C13H18Cl2N2O/c1-2-11(17-7-5-16-6-8-17)9-3-4-10(14)12(15)13(9)18/h3-4,11,16,18H,2,5-8H2,1H3/t11-/m1/s1. The van der Waals surface area contributed by atoms with Gasteiger partial charge < -0.3 is 10.4 Å². The van der Waals surface area contributed by atoms with E-state index >= 15 is 0 Å². The average molecular weight is 289 g/mol. The van der Waals surface area contributed by atoms with Crippen molar-refractivity contribution in [2.75, 3.05) is 26.2 Å². The molecule has 0 bridgehead atoms. The Kier molecular flexibility index (Phi) is 4.73. The van der Waals surface area contributed by atoms with E-state index in [-0.39, 0.29) is 16.8 Å². The topological polar surface area (TPSA) is 35.5 Å². The number of phenols is 1. The van der Waals surface area contributed by atoms with Gasteiger partial charge in [0, 0.05) is 37.8 Å². The van der Waals surface area contributed by atoms with Gasteiger partial charge in [0.2, 0.25) is 0 Å². The van der Waals surface area contributed by atoms with Crippen molar-refractivity contribution in [3.8, 4) is 5.75 Å². The number of aromatic hydroxyl groups is 1. The molecule has 3 nitrogen and oxygen atoms in total. The Morgan fingerprint density at radius 1 is 1.33 bits per heavy atom. The van der Waals surface area contributed by atoms with Crippen LogP contribution >= 0.6 is 23.2 Å². The van der Waals surface area contributed by atoms with Gasteiger partial charge in [-0.3, -0.25) is 4.90 Å². The Bertz CT molecular complexity index is 420. The molecule has 0 unspecified atom stereocenters. The van der Waals surface area contributed by atoms with Gasteiger partial charge in [0.1, 0.15) is 10.8 Å². The minimum Gasteiger partial charge on any atom is -0.506 e. The molecule has 1 aliphatic rings. The van der Waals surface area contributed by atoms with Gasteiger partial charge in [-0.2, -0.15) is 0 Å². The second-order valence-electron chi connectivity index (χ2n) is 4.51. The first-order valence-corrected chi connectivity index (χ1v) is 7.02. The zero-order chi connectivity index (χ0) is 13.1. The molecule has 1 fully saturated rings. The van der Waals surface area contributed by atoms with E-state index < -0.39 is 0 Å². The molecule has 1 heterocycles. The number of nitrogens with one attached hydrogen (secondary N) is 1. The van der Waals surface area contributed by atoms with Gasteiger partial charge in [-0.15, -0.1) is 0 Å². The summed E-state index contributed by atoms with van der Waals surface area (Å²) >= 11 is 11.9. The van der Waals surface area contributed by atoms with Gasteiger partial charge >= 0.3 is 0 Å². The van der Waals surface area contributed by atoms with Gasteiger partial charge in [0.25, 0.3) is 0 Å². The molecular weight excluding hydrogens is 271 g/mol. The SMILES string of the molecule is CC[C@H](c1ccc(Cl)c(Cl)c1O)N1CCNCC1. The van der Waals surface area contributed by atoms with E-state index in [1.807, 2.05) is 6.07 Å². The van der Waals surface area contributed by atoms with E-state index in [1.54, 1.807) is 6.07 Å². The molecule has 0 radical (unpaired) electrons. The zero-order valence-electron chi connectivity index (χ0n) is 10.4. The van der Waals surface area contributed by atoms with E-state index in [0.717, 1.165) is 38.2 Å². The van der Waals surface area contributed by atoms with Gasteiger partial charge in [-0.25, -0.2) is 0 Å². The summed E-state index contributed by atoms with van der Waals surface area (Å²) in [6.07, 6.45) is 0.936. The lowest BCUT2D eigenvalue weighted by Gasteiger charge is -2.35. The van der Waals surface area contributed by atoms with Crippen LogP contribution in [-0.4, -0.2) is 36.2 Å². The maximum absolute atomic E-state index is 10.2. The Hall–Kier alpha value is -0.480. The number of hydrogen-bond donors (Lipinski definition) is 2. The quantitative estimate of drug-likeness (QED) is 0.897. The minimum absolute atomic E-state index is 0.120. The highest BCUT2D eigenvalue weighted by atomic mass is 35.5. The number of rotatable bonds is 3. The van der Waals surface area contributed by atoms with E-state index in [0.29, 0.717) is 5.02 Å². The van der Waals surface area contributed by atoms with Crippen LogP contribution in [0.4, 0.5) is 0 Å². The second kappa shape index (κ2) is 6.11. The smallest absolute Gasteiger partial charge is 0.140 e. The number of hydrogen-bond acceptors (Lipinski definition) is 3. The predicted molar refractivity (Wildman–Crippen MR) is 75.6 cm³/mol. The van der Waals surface area contributed by atoms with Crippen LogP contribution in [0, 0.1) is 0 Å². The van der Waals surface area contributed by atoms with E-state index in [9.17, 15) is 5.11 Å². The number of halogens is 2. The molecule has 18 heavy (non-hydrogen) atoms. The molecule has 5 heteroatoms. The summed E-state index contributed by atoms with van der Waals surface area (Å²) in [7, 11) is 0. The maximum Gasteiger partial charge on any atom is 0.140 e. The van der Waals surface area contributed by atoms with Gasteiger partial charge in [-0.05, 0) is 12.5 Å². The first-order chi connectivity index (χ1) is 8.65. The third-order valence-electron chi connectivity index (χ3n) is 3.44. The summed E-state index contributed by atoms with van der Waals surface area (Å²) in [6.45, 7) is 6.06. The first-order valence-electron chi connectivity index (χ1n) is 6.26. The summed E-state index contributed by atoms with van der Waals surface area (Å²) in [5.41, 5.74) is 0.869. The van der Waals surface area contributed by atoms with Crippen LogP contribution in [0.3, 0.4) is 0 Å². The third kappa shape index (κ3) is 2.75. The fraction of sp³-hybridized carbons (Fsp3) is 0.538. The summed E-state index contributed by atoms with van der Waals surface area (Å²) in [4.78, 5) is 2.37. The molecule has 1 saturated heterocycles. The summed E-state index contributed by atoms with van der Waals surface area (Å²) in [5.74, 6) is 0.120. The van der Waals surface area contributed by atoms with Gasteiger partial charge in [0.15, 0.2) is 0 Å². The van der Waals surface area contributed by atoms with Crippen LogP contribution in [0.25, 0.3) is 0 Å². The zero-order valence-corrected chi connectivity index (χ0v) is 11.9. The molecule has 2 N–H and O–H groups in total. The number of phenolic OH excluding ortho intramolecular Hbond substituents is 1. The summed E-state index contributed by atoms with van der Waals surface area (Å²) in [6, 6.07) is 3.82. The highest BCUT2D eigenvalue weighted by Crippen LogP contribution is 2.39. The number of piperazine rings is 1. The van der Waals surface area contributed by atoms with Gasteiger partial charge in [-0.1, -0.05) is 36.2 Å². The van der Waals surface area contributed by atoms with Crippen molar-refractivity contribution in [2.24, 2.45) is 0 Å². The monoisotopic (exact) mass is 288 g/mol. The van der Waals surface area contributed by atoms with E-state index in [1.165, 1.54) is 0 Å². The molecule has 1 aliphatic heterocycles. The number of nitrogens with zero attached hydrogens (tertiary/aromatic N) is 1. The van der Waals surface area contributed by atoms with Crippen molar-refractivity contribution in [3.05, 3.63) is 27.7 Å². The highest BCUT2D eigenvalue weighted by Gasteiger charge is 2.24. The fourth-order valence-corrected chi connectivity index (χ4v) is 2.82. The molecule has 0 saturated carbocycles. The second-order valence-corrected chi connectivity index (χ2v) is 5.29. The Morgan fingerprint density at radius 2 is 2.00 bits per heavy atom. The molecule has 1 aromatic carbocycles. The van der Waals surface area contributed by atoms with Crippen LogP contribution in [0.5, 0.6) is 5.75 Å². The van der Waals surface area contributed by atoms with Crippen LogP contribution < -0.4 is 5.32 Å². The fourth-order valence-electron chi connectivity index (χ4n) is 2.49. The van der Waals surface area contributed by atoms with Crippen molar-refractivity contribution in [1.82, 2.24) is 10.2 Å². The van der Waals surface area contributed by atoms with Crippen molar-refractivity contribution in [2.45, 2.75) is 19.4 Å². The van der Waals surface area contributed by atoms with Crippen LogP contribution in [0.2, 0.25) is 10.0 Å². The summed E-state index contributed by atoms with van der Waals surface area (Å²) < 4.78 is 0. The molecule has 0 aromatic heterocycles. The molecule has 0 aliphatic carbocycles. The van der Waals surface area contributed by atoms with Gasteiger partial charge in [0.05, 0.1) is 5.02 Å². The van der Waals surface area contributed by atoms with Crippen molar-refractivity contribution in [1.29, 1.82) is 0 Å². The Balaban J connectivity index is 2.29. The maximum atomic E-state index is 10.2. The molecule has 0 amide bonds. The Morgan fingerprint density at radius 3 is 2.61 bits per heavy atom. The molecular formula is C13H18Cl2N2O. The lowest BCUT2D eigenvalue weighted by molar-refractivity contribution is 0.167. The minimum atomic E-state index is 0.120. The van der Waals surface area contributed by atoms with Crippen molar-refractivity contribution >= 4 is 23.2 Å². The average Bonchev–Trinajstić information content (AvgIpc) is 2.41. The molecule has 1 atom stereocenters. The van der Waals surface area contributed by atoms with Crippen LogP contribution in [0.15, 0.2) is 12.1 Å². The predicted octanol–water partition coefficient (Wildman–Crippen LogP) is 3.06. The van der Waals surface area contributed by atoms with Crippen molar-refractivity contribution < 1.29 is 5.11 Å². The molecule has 0 spiro atoms. The van der Waals surface area contributed by atoms with Crippen molar-refractivity contribution in [3.63, 3.8) is 0 Å². The molecule has 1 aromatic rings. The normalized spacial score (nSPS) is 18.8. The lowest BCUT2D eigenvalue weighted by atomic mass is 10.0. The Labute approximate surface area is 118 Å². The summed E-state index contributed by atoms with van der Waals surface area (Å²) in [5, 5.41) is 14.1. The van der Waals surface area contributed by atoms with Crippen LogP contribution in [0.1, 0.15) is 24.9 Å². The first kappa shape index (κ1) is 13.9. The third-order valence-corrected chi connectivity index (χ3v) is 4.23. The lowest BCUT2D eigenvalue weighted by Crippen LogP contribution is -2.45.